The van der Waals surface area contributed by atoms with E-state index in [1.165, 1.54) is 59.0 Å². The van der Waals surface area contributed by atoms with Crippen LogP contribution in [0, 0.1) is 33.1 Å². The fraction of sp³-hybridized carbons (Fsp3) is 0.228. The third-order valence-corrected chi connectivity index (χ3v) is 12.3. The molecule has 1 fully saturated rings. The van der Waals surface area contributed by atoms with Gasteiger partial charge >= 0.3 is 18.1 Å². The van der Waals surface area contributed by atoms with E-state index in [1.807, 2.05) is 77.1 Å². The first kappa shape index (κ1) is 58.8. The highest BCUT2D eigenvalue weighted by Gasteiger charge is 2.26. The predicted octanol–water partition coefficient (Wildman–Crippen LogP) is 8.16. The number of benzene rings is 3. The van der Waals surface area contributed by atoms with Gasteiger partial charge in [0, 0.05) is 45.3 Å². The van der Waals surface area contributed by atoms with E-state index in [0.717, 1.165) is 62.6 Å². The average Bonchev–Trinajstić information content (AvgIpc) is 4.12. The van der Waals surface area contributed by atoms with Gasteiger partial charge in [0.25, 0.3) is 0 Å². The molecule has 0 bridgehead atoms. The zero-order chi connectivity index (χ0) is 60.0. The van der Waals surface area contributed by atoms with Crippen molar-refractivity contribution in [3.8, 4) is 47.2 Å². The number of fused-ring (bicyclic) bond motifs is 3. The van der Waals surface area contributed by atoms with Crippen LogP contribution in [0.25, 0.3) is 32.7 Å². The van der Waals surface area contributed by atoms with Crippen molar-refractivity contribution in [3.63, 3.8) is 0 Å². The Hall–Kier alpha value is -11.3. The number of anilines is 3. The molecule has 84 heavy (non-hydrogen) atoms. The van der Waals surface area contributed by atoms with Crippen LogP contribution in [-0.4, -0.2) is 120 Å². The smallest absolute Gasteiger partial charge is 0.327 e. The first-order chi connectivity index (χ1) is 40.5. The lowest BCUT2D eigenvalue weighted by molar-refractivity contribution is 0.215. The number of nitrogens with zero attached hydrogens (tertiary/aromatic N) is 12. The maximum absolute atomic E-state index is 12.5. The van der Waals surface area contributed by atoms with E-state index in [9.17, 15) is 14.4 Å². The van der Waals surface area contributed by atoms with E-state index in [2.05, 4.69) is 72.1 Å². The van der Waals surface area contributed by atoms with Crippen LogP contribution in [0.4, 0.5) is 31.8 Å². The molecule has 432 valence electrons. The first-order valence-corrected chi connectivity index (χ1v) is 25.8. The van der Waals surface area contributed by atoms with Crippen molar-refractivity contribution < 1.29 is 43.1 Å². The van der Waals surface area contributed by atoms with Gasteiger partial charge in [-0.05, 0) is 120 Å². The molecule has 0 aliphatic heterocycles. The number of nitrogens with two attached hydrogens (primary N) is 3. The van der Waals surface area contributed by atoms with Crippen LogP contribution in [0.2, 0.25) is 0 Å². The maximum atomic E-state index is 12.5. The lowest BCUT2D eigenvalue weighted by Crippen LogP contribution is -2.34. The van der Waals surface area contributed by atoms with Gasteiger partial charge in [0.1, 0.15) is 91.7 Å². The van der Waals surface area contributed by atoms with E-state index in [0.29, 0.717) is 40.0 Å². The second kappa shape index (κ2) is 26.8. The van der Waals surface area contributed by atoms with Gasteiger partial charge in [0.2, 0.25) is 17.6 Å². The lowest BCUT2D eigenvalue weighted by Gasteiger charge is -2.12. The number of hydrogen-bond donors (Lipinski definition) is 6. The summed E-state index contributed by atoms with van der Waals surface area (Å²) in [4.78, 5) is 75.5. The van der Waals surface area contributed by atoms with E-state index < -0.39 is 0 Å². The number of hydrogen-bond acceptors (Lipinski definition) is 21. The highest BCUT2D eigenvalue weighted by molar-refractivity contribution is 5.96. The second-order valence-electron chi connectivity index (χ2n) is 18.7. The molecule has 0 atom stereocenters. The van der Waals surface area contributed by atoms with Crippen LogP contribution in [0.5, 0.6) is 34.9 Å². The number of rotatable bonds is 15. The van der Waals surface area contributed by atoms with Gasteiger partial charge in [0.15, 0.2) is 0 Å². The summed E-state index contributed by atoms with van der Waals surface area (Å²) in [5.74, 6) is 5.39. The van der Waals surface area contributed by atoms with Crippen molar-refractivity contribution in [2.45, 2.75) is 59.5 Å². The van der Waals surface area contributed by atoms with Crippen LogP contribution >= 0.6 is 0 Å². The normalized spacial score (nSPS) is 12.0. The monoisotopic (exact) mass is 1140 g/mol. The third-order valence-electron chi connectivity index (χ3n) is 12.3. The van der Waals surface area contributed by atoms with Crippen LogP contribution in [-0.2, 0) is 14.5 Å². The quantitative estimate of drug-likeness (QED) is 0.0320. The zero-order valence-corrected chi connectivity index (χ0v) is 47.0. The van der Waals surface area contributed by atoms with Crippen LogP contribution < -0.4 is 47.4 Å². The van der Waals surface area contributed by atoms with E-state index >= 15 is 0 Å². The number of carbonyl (C=O) groups excluding carboxylic acids is 3. The molecule has 1 aliphatic carbocycles. The standard InChI is InChI=1S/C19H20N6O3.C19H22N6O3.C19H18N6O3/c1-11-7-12-8-14(5-6-16(12)25(11)19(26)24-13-3-4-13)28-18-15(9-23-27-2)17(20)21-10-22-18;1-11(2)24-19(26)25-12(3)7-13-8-14(5-6-16(13)25)28-18-15(9-23-27-4)17(20)21-10-22-18;1-4-7-21-19(26)25-12(2)8-13-9-14(5-6-16(13)25)28-18-15(10-24-27-3)17(20)22-11-23-18/h5-10,13H,3-4H2,1-2H3,(H,24,26)(H2,20,21,22);5-11H,1-4H3,(H,24,26)(H2,20,21,22);1,5-6,8-11H,7H2,2-3H3,(H,21,26)(H2,20,22,23)/b2*23-9+;24-10+. The van der Waals surface area contributed by atoms with Gasteiger partial charge in [-0.1, -0.05) is 21.4 Å². The Bertz CT molecular complexity index is 3860. The molecule has 10 rings (SSSR count). The molecule has 1 aliphatic rings. The van der Waals surface area contributed by atoms with Crippen LogP contribution in [0.15, 0.2) is 107 Å². The number of oxime groups is 3. The predicted molar refractivity (Wildman–Crippen MR) is 317 cm³/mol. The second-order valence-corrected chi connectivity index (χ2v) is 18.7. The van der Waals surface area contributed by atoms with Crippen molar-refractivity contribution in [2.24, 2.45) is 15.5 Å². The number of carbonyl (C=O) groups is 3. The van der Waals surface area contributed by atoms with Gasteiger partial charge in [-0.15, -0.1) is 6.42 Å². The Kier molecular flexibility index (Phi) is 18.8. The Morgan fingerprint density at radius 1 is 0.583 bits per heavy atom. The number of nitrogen functional groups attached to an aromatic ring is 3. The topological polar surface area (TPSA) is 350 Å². The van der Waals surface area contributed by atoms with E-state index in [4.69, 9.17) is 47.5 Å². The molecule has 0 unspecified atom stereocenters. The molecule has 0 saturated heterocycles. The number of nitrogens with one attached hydrogen (secondary N) is 3. The van der Waals surface area contributed by atoms with Crippen molar-refractivity contribution in [1.82, 2.24) is 59.6 Å². The molecule has 0 spiro atoms. The Labute approximate surface area is 480 Å². The van der Waals surface area contributed by atoms with E-state index in [1.54, 1.807) is 44.0 Å². The van der Waals surface area contributed by atoms with Crippen LogP contribution in [0.3, 0.4) is 0 Å². The van der Waals surface area contributed by atoms with E-state index in [-0.39, 0.29) is 65.8 Å². The summed E-state index contributed by atoms with van der Waals surface area (Å²) in [7, 11) is 4.27. The molecule has 6 aromatic heterocycles. The number of aromatic nitrogens is 9. The van der Waals surface area contributed by atoms with Gasteiger partial charge in [0.05, 0.1) is 41.7 Å². The summed E-state index contributed by atoms with van der Waals surface area (Å²) < 4.78 is 22.5. The minimum Gasteiger partial charge on any atom is -0.438 e. The largest absolute Gasteiger partial charge is 0.438 e. The number of amides is 3. The number of terminal acetylenes is 1. The minimum absolute atomic E-state index is 0.0439. The van der Waals surface area contributed by atoms with Crippen molar-refractivity contribution in [3.05, 3.63) is 126 Å². The molecule has 27 nitrogen and oxygen atoms in total. The molecule has 0 radical (unpaired) electrons. The fourth-order valence-electron chi connectivity index (χ4n) is 8.41. The van der Waals surface area contributed by atoms with Crippen LogP contribution in [0.1, 0.15) is 60.5 Å². The highest BCUT2D eigenvalue weighted by Crippen LogP contribution is 2.33. The summed E-state index contributed by atoms with van der Waals surface area (Å²) in [5.41, 5.74) is 23.6. The van der Waals surface area contributed by atoms with Gasteiger partial charge in [-0.25, -0.2) is 44.3 Å². The number of ether oxygens (including phenoxy) is 3. The fourth-order valence-corrected chi connectivity index (χ4v) is 8.41. The Morgan fingerprint density at radius 2 is 0.940 bits per heavy atom. The molecule has 1 saturated carbocycles. The molecular formula is C57H60N18O9. The minimum atomic E-state index is -0.291. The van der Waals surface area contributed by atoms with Crippen molar-refractivity contribution >= 4 is 86.9 Å². The molecule has 9 N–H and O–H groups in total. The SMILES string of the molecule is C#CCNC(=O)n1c(C)cc2cc(Oc3ncnc(N)c3/C=N/OC)ccc21.CO/N=C/c1c(N)ncnc1Oc1ccc2c(c1)cc(C)n2C(=O)NC(C)C.CO/N=C/c1c(N)ncnc1Oc1ccc2c(c1)cc(C)n2C(=O)NC1CC1. The summed E-state index contributed by atoms with van der Waals surface area (Å²) >= 11 is 0. The molecule has 9 aromatic rings. The lowest BCUT2D eigenvalue weighted by atomic mass is 10.2. The highest BCUT2D eigenvalue weighted by atomic mass is 16.6. The average molecular weight is 1140 g/mol. The Morgan fingerprint density at radius 3 is 1.27 bits per heavy atom. The zero-order valence-electron chi connectivity index (χ0n) is 47.0. The maximum Gasteiger partial charge on any atom is 0.327 e. The van der Waals surface area contributed by atoms with Gasteiger partial charge in [-0.2, -0.15) is 0 Å². The summed E-state index contributed by atoms with van der Waals surface area (Å²) in [5, 5.41) is 22.2. The molecule has 6 heterocycles. The third kappa shape index (κ3) is 14.0. The molecule has 3 amide bonds. The van der Waals surface area contributed by atoms with Crippen molar-refractivity contribution in [2.75, 3.05) is 45.1 Å². The first-order valence-electron chi connectivity index (χ1n) is 25.8. The van der Waals surface area contributed by atoms with Gasteiger partial charge < -0.3 is 61.9 Å². The number of aryl methyl sites for hydroxylation is 3. The summed E-state index contributed by atoms with van der Waals surface area (Å²) in [6.45, 7) is 9.61. The molecule has 27 heteroatoms. The summed E-state index contributed by atoms with van der Waals surface area (Å²) in [6.07, 6.45) is 15.4. The Balaban J connectivity index is 0.000000164. The summed E-state index contributed by atoms with van der Waals surface area (Å²) in [6, 6.07) is 21.7. The van der Waals surface area contributed by atoms with Gasteiger partial charge in [-0.3, -0.25) is 13.7 Å². The molecular weight excluding hydrogens is 1080 g/mol. The molecule has 3 aromatic carbocycles. The van der Waals surface area contributed by atoms with Crippen molar-refractivity contribution in [1.29, 1.82) is 0 Å².